The first-order valence-corrected chi connectivity index (χ1v) is 6.50. The molecule has 1 unspecified atom stereocenters. The zero-order valence-corrected chi connectivity index (χ0v) is 11.5. The van der Waals surface area contributed by atoms with Gasteiger partial charge < -0.3 is 15.3 Å². The summed E-state index contributed by atoms with van der Waals surface area (Å²) in [5.41, 5.74) is 0.200. The summed E-state index contributed by atoms with van der Waals surface area (Å²) in [4.78, 5) is 24.2. The van der Waals surface area contributed by atoms with Crippen LogP contribution in [0.1, 0.15) is 6.92 Å². The SMILES string of the molecule is CC(C(=O)O)C1CN(C(=O)Nc2cc(F)ccc2Cl)C1. The Hall–Kier alpha value is -1.82. The lowest BCUT2D eigenvalue weighted by atomic mass is 9.87. The maximum absolute atomic E-state index is 13.1. The first-order chi connectivity index (χ1) is 9.38. The number of halogens is 2. The van der Waals surface area contributed by atoms with Crippen LogP contribution >= 0.6 is 11.6 Å². The molecular weight excluding hydrogens is 287 g/mol. The topological polar surface area (TPSA) is 69.6 Å². The molecule has 5 nitrogen and oxygen atoms in total. The second-order valence-corrected chi connectivity index (χ2v) is 5.25. The minimum atomic E-state index is -0.872. The number of aliphatic carboxylic acids is 1. The Morgan fingerprint density at radius 2 is 2.15 bits per heavy atom. The minimum absolute atomic E-state index is 0.0544. The van der Waals surface area contributed by atoms with E-state index in [4.69, 9.17) is 16.7 Å². The minimum Gasteiger partial charge on any atom is -0.481 e. The van der Waals surface area contributed by atoms with Crippen LogP contribution in [0.4, 0.5) is 14.9 Å². The summed E-state index contributed by atoms with van der Waals surface area (Å²) in [6.07, 6.45) is 0. The lowest BCUT2D eigenvalue weighted by Gasteiger charge is -2.41. The Balaban J connectivity index is 1.92. The third kappa shape index (κ3) is 3.01. The van der Waals surface area contributed by atoms with Gasteiger partial charge in [0.15, 0.2) is 0 Å². The van der Waals surface area contributed by atoms with E-state index in [1.54, 1.807) is 6.92 Å². The number of carboxylic acids is 1. The van der Waals surface area contributed by atoms with Gasteiger partial charge in [-0.3, -0.25) is 4.79 Å². The van der Waals surface area contributed by atoms with E-state index in [-0.39, 0.29) is 16.6 Å². The molecule has 0 bridgehead atoms. The highest BCUT2D eigenvalue weighted by molar-refractivity contribution is 6.33. The number of carbonyl (C=O) groups is 2. The van der Waals surface area contributed by atoms with E-state index in [1.807, 2.05) is 0 Å². The van der Waals surface area contributed by atoms with Gasteiger partial charge in [-0.05, 0) is 18.2 Å². The van der Waals surface area contributed by atoms with Crippen molar-refractivity contribution in [3.05, 3.63) is 29.0 Å². The summed E-state index contributed by atoms with van der Waals surface area (Å²) in [6, 6.07) is 3.29. The van der Waals surface area contributed by atoms with Crippen LogP contribution in [0.3, 0.4) is 0 Å². The molecule has 0 saturated carbocycles. The molecule has 7 heteroatoms. The first kappa shape index (κ1) is 14.6. The maximum atomic E-state index is 13.1. The number of rotatable bonds is 3. The van der Waals surface area contributed by atoms with Crippen molar-refractivity contribution in [1.82, 2.24) is 4.90 Å². The van der Waals surface area contributed by atoms with Crippen LogP contribution in [-0.2, 0) is 4.79 Å². The average Bonchev–Trinajstić information content (AvgIpc) is 2.31. The second-order valence-electron chi connectivity index (χ2n) is 4.85. The third-order valence-electron chi connectivity index (χ3n) is 3.46. The molecule has 1 fully saturated rings. The standard InChI is InChI=1S/C13H14ClFN2O3/c1-7(12(18)19)8-5-17(6-8)13(20)16-11-4-9(15)2-3-10(11)14/h2-4,7-8H,5-6H2,1H3,(H,16,20)(H,18,19). The molecule has 1 aromatic rings. The van der Waals surface area contributed by atoms with Crippen LogP contribution in [0.2, 0.25) is 5.02 Å². The normalized spacial score (nSPS) is 16.4. The predicted octanol–water partition coefficient (Wildman–Crippen LogP) is 2.66. The number of hydrogen-bond acceptors (Lipinski definition) is 2. The van der Waals surface area contributed by atoms with Gasteiger partial charge in [0.25, 0.3) is 0 Å². The average molecular weight is 301 g/mol. The monoisotopic (exact) mass is 300 g/mol. The third-order valence-corrected chi connectivity index (χ3v) is 3.79. The number of nitrogens with one attached hydrogen (secondary N) is 1. The molecule has 0 radical (unpaired) electrons. The van der Waals surface area contributed by atoms with E-state index in [0.29, 0.717) is 13.1 Å². The van der Waals surface area contributed by atoms with Gasteiger partial charge in [0.1, 0.15) is 5.82 Å². The Kier molecular flexibility index (Phi) is 4.13. The number of anilines is 1. The van der Waals surface area contributed by atoms with E-state index in [0.717, 1.165) is 6.07 Å². The lowest BCUT2D eigenvalue weighted by molar-refractivity contribution is -0.144. The van der Waals surface area contributed by atoms with Crippen LogP contribution in [0.5, 0.6) is 0 Å². The lowest BCUT2D eigenvalue weighted by Crippen LogP contribution is -2.54. The Morgan fingerprint density at radius 1 is 1.50 bits per heavy atom. The van der Waals surface area contributed by atoms with Gasteiger partial charge in [-0.15, -0.1) is 0 Å². The van der Waals surface area contributed by atoms with Crippen molar-refractivity contribution in [3.63, 3.8) is 0 Å². The van der Waals surface area contributed by atoms with Crippen molar-refractivity contribution in [2.45, 2.75) is 6.92 Å². The molecule has 108 valence electrons. The highest BCUT2D eigenvalue weighted by Crippen LogP contribution is 2.27. The predicted molar refractivity (Wildman–Crippen MR) is 72.3 cm³/mol. The van der Waals surface area contributed by atoms with Crippen LogP contribution in [-0.4, -0.2) is 35.1 Å². The molecule has 2 amide bonds. The smallest absolute Gasteiger partial charge is 0.321 e. The number of hydrogen-bond donors (Lipinski definition) is 2. The van der Waals surface area contributed by atoms with Crippen molar-refractivity contribution < 1.29 is 19.1 Å². The fourth-order valence-electron chi connectivity index (χ4n) is 1.98. The number of carboxylic acid groups (broad SMARTS) is 1. The van der Waals surface area contributed by atoms with Gasteiger partial charge in [0.05, 0.1) is 16.6 Å². The molecule has 2 N–H and O–H groups in total. The van der Waals surface area contributed by atoms with Gasteiger partial charge in [-0.2, -0.15) is 0 Å². The first-order valence-electron chi connectivity index (χ1n) is 6.12. The summed E-state index contributed by atoms with van der Waals surface area (Å²) in [7, 11) is 0. The van der Waals surface area contributed by atoms with Crippen LogP contribution in [0.15, 0.2) is 18.2 Å². The van der Waals surface area contributed by atoms with Crippen molar-refractivity contribution in [1.29, 1.82) is 0 Å². The molecule has 1 atom stereocenters. The van der Waals surface area contributed by atoms with Crippen LogP contribution in [0.25, 0.3) is 0 Å². The van der Waals surface area contributed by atoms with Gasteiger partial charge in [-0.25, -0.2) is 9.18 Å². The molecule has 1 heterocycles. The number of amides is 2. The molecule has 1 aliphatic rings. The Morgan fingerprint density at radius 3 is 2.75 bits per heavy atom. The molecule has 0 spiro atoms. The fraction of sp³-hybridized carbons (Fsp3) is 0.385. The van der Waals surface area contributed by atoms with Gasteiger partial charge in [0.2, 0.25) is 0 Å². The quantitative estimate of drug-likeness (QED) is 0.901. The maximum Gasteiger partial charge on any atom is 0.321 e. The zero-order chi connectivity index (χ0) is 14.9. The van der Waals surface area contributed by atoms with E-state index >= 15 is 0 Å². The van der Waals surface area contributed by atoms with E-state index < -0.39 is 23.7 Å². The zero-order valence-electron chi connectivity index (χ0n) is 10.8. The van der Waals surface area contributed by atoms with Crippen molar-refractivity contribution in [3.8, 4) is 0 Å². The van der Waals surface area contributed by atoms with E-state index in [1.165, 1.54) is 17.0 Å². The molecule has 0 aliphatic carbocycles. The molecule has 1 aliphatic heterocycles. The van der Waals surface area contributed by atoms with Crippen molar-refractivity contribution >= 4 is 29.3 Å². The number of likely N-dealkylation sites (tertiary alicyclic amines) is 1. The summed E-state index contributed by atoms with van der Waals surface area (Å²) >= 11 is 5.85. The molecule has 2 rings (SSSR count). The highest BCUT2D eigenvalue weighted by Gasteiger charge is 2.37. The molecule has 0 aromatic heterocycles. The van der Waals surface area contributed by atoms with Crippen LogP contribution in [0, 0.1) is 17.7 Å². The summed E-state index contributed by atoms with van der Waals surface area (Å²) in [5, 5.41) is 11.6. The second kappa shape index (κ2) is 5.66. The fourth-order valence-corrected chi connectivity index (χ4v) is 2.15. The largest absolute Gasteiger partial charge is 0.481 e. The van der Waals surface area contributed by atoms with Gasteiger partial charge in [0, 0.05) is 19.0 Å². The summed E-state index contributed by atoms with van der Waals surface area (Å²) in [5.74, 6) is -1.91. The van der Waals surface area contributed by atoms with Crippen molar-refractivity contribution in [2.75, 3.05) is 18.4 Å². The molecule has 1 saturated heterocycles. The number of carbonyl (C=O) groups excluding carboxylic acids is 1. The number of urea groups is 1. The van der Waals surface area contributed by atoms with Gasteiger partial charge in [-0.1, -0.05) is 18.5 Å². The molecular formula is C13H14ClFN2O3. The van der Waals surface area contributed by atoms with E-state index in [9.17, 15) is 14.0 Å². The summed E-state index contributed by atoms with van der Waals surface area (Å²) < 4.78 is 13.1. The number of nitrogens with zero attached hydrogens (tertiary/aromatic N) is 1. The molecule has 20 heavy (non-hydrogen) atoms. The van der Waals surface area contributed by atoms with E-state index in [2.05, 4.69) is 5.32 Å². The number of benzene rings is 1. The summed E-state index contributed by atoms with van der Waals surface area (Å²) in [6.45, 7) is 2.35. The van der Waals surface area contributed by atoms with Gasteiger partial charge >= 0.3 is 12.0 Å². The highest BCUT2D eigenvalue weighted by atomic mass is 35.5. The van der Waals surface area contributed by atoms with Crippen molar-refractivity contribution in [2.24, 2.45) is 11.8 Å². The molecule has 1 aromatic carbocycles. The van der Waals surface area contributed by atoms with Crippen LogP contribution < -0.4 is 5.32 Å². The Bertz CT molecular complexity index is 546. The Labute approximate surface area is 120 Å².